The van der Waals surface area contributed by atoms with Gasteiger partial charge in [-0.3, -0.25) is 15.0 Å². The van der Waals surface area contributed by atoms with Gasteiger partial charge in [-0.05, 0) is 30.7 Å². The number of likely N-dealkylation sites (N-methyl/N-ethyl adjacent to an activating group) is 1. The number of urea groups is 1. The molecule has 0 aromatic heterocycles. The maximum absolute atomic E-state index is 12.8. The van der Waals surface area contributed by atoms with Crippen LogP contribution in [0.25, 0.3) is 0 Å². The molecular formula is C22H30Cl2N6O2. The number of imide groups is 1. The Morgan fingerprint density at radius 2 is 1.84 bits per heavy atom. The van der Waals surface area contributed by atoms with Gasteiger partial charge in [0, 0.05) is 39.8 Å². The smallest absolute Gasteiger partial charge is 0.325 e. The molecule has 2 saturated heterocycles. The molecule has 10 heteroatoms. The number of fused-ring (bicyclic) bond motifs is 1. The Morgan fingerprint density at radius 3 is 2.53 bits per heavy atom. The van der Waals surface area contributed by atoms with E-state index in [9.17, 15) is 9.59 Å². The van der Waals surface area contributed by atoms with Crippen LogP contribution in [0.5, 0.6) is 0 Å². The van der Waals surface area contributed by atoms with Crippen molar-refractivity contribution >= 4 is 41.1 Å². The molecule has 0 bridgehead atoms. The minimum atomic E-state index is -0.579. The maximum Gasteiger partial charge on any atom is 0.325 e. The van der Waals surface area contributed by atoms with Crippen molar-refractivity contribution in [1.29, 1.82) is 0 Å². The van der Waals surface area contributed by atoms with Crippen molar-refractivity contribution in [3.63, 3.8) is 0 Å². The number of amides is 3. The number of unbranched alkanes of at least 4 members (excludes halogenated alkanes) is 2. The quantitative estimate of drug-likeness (QED) is 0.633. The van der Waals surface area contributed by atoms with Gasteiger partial charge in [0.2, 0.25) is 0 Å². The van der Waals surface area contributed by atoms with Crippen molar-refractivity contribution in [1.82, 2.24) is 24.9 Å². The average molecular weight is 481 g/mol. The second-order valence-corrected chi connectivity index (χ2v) is 9.42. The Bertz CT molecular complexity index is 902. The Morgan fingerprint density at radius 1 is 1.09 bits per heavy atom. The van der Waals surface area contributed by atoms with Crippen LogP contribution in [-0.2, 0) is 11.3 Å². The molecule has 0 spiro atoms. The van der Waals surface area contributed by atoms with E-state index in [1.807, 2.05) is 17.0 Å². The summed E-state index contributed by atoms with van der Waals surface area (Å²) in [6, 6.07) is 4.48. The zero-order valence-electron chi connectivity index (χ0n) is 18.6. The van der Waals surface area contributed by atoms with Crippen molar-refractivity contribution in [2.45, 2.75) is 44.9 Å². The molecular weight excluding hydrogens is 451 g/mol. The number of aliphatic imine (C=N–C) groups is 1. The molecule has 0 radical (unpaired) electrons. The van der Waals surface area contributed by atoms with Crippen LogP contribution in [0.1, 0.15) is 31.7 Å². The van der Waals surface area contributed by atoms with E-state index < -0.39 is 18.2 Å². The molecule has 8 nitrogen and oxygen atoms in total. The van der Waals surface area contributed by atoms with Crippen LogP contribution < -0.4 is 5.32 Å². The molecule has 3 heterocycles. The lowest BCUT2D eigenvalue weighted by Gasteiger charge is -2.40. The first-order valence-electron chi connectivity index (χ1n) is 11.2. The van der Waals surface area contributed by atoms with E-state index in [4.69, 9.17) is 28.2 Å². The fourth-order valence-corrected chi connectivity index (χ4v) is 4.86. The van der Waals surface area contributed by atoms with E-state index >= 15 is 0 Å². The Balaban J connectivity index is 1.54. The molecule has 3 amide bonds. The van der Waals surface area contributed by atoms with E-state index in [2.05, 4.69) is 22.0 Å². The van der Waals surface area contributed by atoms with E-state index in [1.165, 1.54) is 24.2 Å². The van der Waals surface area contributed by atoms with E-state index in [0.717, 1.165) is 44.2 Å². The number of nitrogens with zero attached hydrogens (tertiary/aromatic N) is 5. The SMILES string of the molecule is CCCCCN1CCN(C2=NC3C(C(=O)NC(=O)N3C)N2Cc2ccc(Cl)c(Cl)c2)CC1. The summed E-state index contributed by atoms with van der Waals surface area (Å²) in [6.07, 6.45) is 3.15. The van der Waals surface area contributed by atoms with Crippen LogP contribution in [0.4, 0.5) is 4.79 Å². The normalized spacial score (nSPS) is 24.0. The van der Waals surface area contributed by atoms with Crippen molar-refractivity contribution in [2.24, 2.45) is 4.99 Å². The van der Waals surface area contributed by atoms with E-state index in [1.54, 1.807) is 13.1 Å². The number of carbonyl (C=O) groups excluding carboxylic acids is 2. The monoisotopic (exact) mass is 480 g/mol. The summed E-state index contributed by atoms with van der Waals surface area (Å²) in [5, 5.41) is 3.42. The lowest BCUT2D eigenvalue weighted by molar-refractivity contribution is -0.127. The number of nitrogens with one attached hydrogen (secondary N) is 1. The summed E-state index contributed by atoms with van der Waals surface area (Å²) in [4.78, 5) is 38.1. The average Bonchev–Trinajstić information content (AvgIpc) is 3.15. The summed E-state index contributed by atoms with van der Waals surface area (Å²) in [5.74, 6) is 0.436. The zero-order chi connectivity index (χ0) is 22.8. The van der Waals surface area contributed by atoms with Crippen LogP contribution in [0.15, 0.2) is 23.2 Å². The highest BCUT2D eigenvalue weighted by atomic mass is 35.5. The lowest BCUT2D eigenvalue weighted by Crippen LogP contribution is -2.64. The third kappa shape index (κ3) is 4.67. The fourth-order valence-electron chi connectivity index (χ4n) is 4.54. The van der Waals surface area contributed by atoms with Crippen molar-refractivity contribution in [2.75, 3.05) is 39.8 Å². The number of hydrogen-bond donors (Lipinski definition) is 1. The van der Waals surface area contributed by atoms with Gasteiger partial charge in [-0.1, -0.05) is 49.0 Å². The number of guanidine groups is 1. The molecule has 2 fully saturated rings. The molecule has 1 aromatic rings. The summed E-state index contributed by atoms with van der Waals surface area (Å²) < 4.78 is 0. The van der Waals surface area contributed by atoms with Crippen LogP contribution in [-0.4, -0.2) is 89.5 Å². The Kier molecular flexibility index (Phi) is 7.12. The van der Waals surface area contributed by atoms with Crippen molar-refractivity contribution in [3.05, 3.63) is 33.8 Å². The number of carbonyl (C=O) groups is 2. The Hall–Kier alpha value is -2.03. The molecule has 0 aliphatic carbocycles. The molecule has 4 rings (SSSR count). The van der Waals surface area contributed by atoms with Gasteiger partial charge >= 0.3 is 6.03 Å². The molecule has 1 aromatic carbocycles. The minimum absolute atomic E-state index is 0.324. The molecule has 1 N–H and O–H groups in total. The van der Waals surface area contributed by atoms with Gasteiger partial charge in [0.1, 0.15) is 0 Å². The zero-order valence-corrected chi connectivity index (χ0v) is 20.1. The molecule has 0 saturated carbocycles. The van der Waals surface area contributed by atoms with Gasteiger partial charge < -0.3 is 14.7 Å². The fraction of sp³-hybridized carbons (Fsp3) is 0.591. The largest absolute Gasteiger partial charge is 0.340 e. The predicted molar refractivity (Wildman–Crippen MR) is 126 cm³/mol. The van der Waals surface area contributed by atoms with Crippen LogP contribution in [0.2, 0.25) is 10.0 Å². The maximum atomic E-state index is 12.8. The topological polar surface area (TPSA) is 71.5 Å². The molecule has 3 aliphatic rings. The summed E-state index contributed by atoms with van der Waals surface area (Å²) in [7, 11) is 1.68. The number of hydrogen-bond acceptors (Lipinski definition) is 6. The predicted octanol–water partition coefficient (Wildman–Crippen LogP) is 2.85. The van der Waals surface area contributed by atoms with Gasteiger partial charge in [0.15, 0.2) is 18.2 Å². The number of halogens is 2. The van der Waals surface area contributed by atoms with E-state index in [-0.39, 0.29) is 5.91 Å². The highest BCUT2D eigenvalue weighted by Gasteiger charge is 2.49. The van der Waals surface area contributed by atoms with Crippen LogP contribution >= 0.6 is 23.2 Å². The third-order valence-corrected chi connectivity index (χ3v) is 7.15. The number of benzene rings is 1. The number of piperazine rings is 1. The molecule has 3 aliphatic heterocycles. The number of rotatable bonds is 6. The van der Waals surface area contributed by atoms with Crippen LogP contribution in [0, 0.1) is 0 Å². The van der Waals surface area contributed by atoms with Gasteiger partial charge in [-0.15, -0.1) is 0 Å². The highest BCUT2D eigenvalue weighted by molar-refractivity contribution is 6.42. The first-order chi connectivity index (χ1) is 15.4. The van der Waals surface area contributed by atoms with Crippen molar-refractivity contribution in [3.8, 4) is 0 Å². The van der Waals surface area contributed by atoms with Gasteiger partial charge in [-0.2, -0.15) is 0 Å². The van der Waals surface area contributed by atoms with Crippen LogP contribution in [0.3, 0.4) is 0 Å². The Labute approximate surface area is 199 Å². The minimum Gasteiger partial charge on any atom is -0.340 e. The summed E-state index contributed by atoms with van der Waals surface area (Å²) >= 11 is 12.3. The second kappa shape index (κ2) is 9.85. The van der Waals surface area contributed by atoms with Crippen molar-refractivity contribution < 1.29 is 9.59 Å². The lowest BCUT2D eigenvalue weighted by atomic mass is 10.1. The molecule has 174 valence electrons. The van der Waals surface area contributed by atoms with Gasteiger partial charge in [0.25, 0.3) is 5.91 Å². The highest BCUT2D eigenvalue weighted by Crippen LogP contribution is 2.29. The second-order valence-electron chi connectivity index (χ2n) is 8.61. The molecule has 2 atom stereocenters. The third-order valence-electron chi connectivity index (χ3n) is 6.41. The van der Waals surface area contributed by atoms with E-state index in [0.29, 0.717) is 16.6 Å². The van der Waals surface area contributed by atoms with Gasteiger partial charge in [0.05, 0.1) is 10.0 Å². The summed E-state index contributed by atoms with van der Waals surface area (Å²) in [5.41, 5.74) is 0.929. The first kappa shape index (κ1) is 23.1. The first-order valence-corrected chi connectivity index (χ1v) is 12.0. The standard InChI is InChI=1S/C22H30Cl2N6O2/c1-3-4-5-8-28-9-11-29(12-10-28)21-25-19-18(20(31)26-22(32)27(19)2)30(21)14-15-6-7-16(23)17(24)13-15/h6-7,13,18-19H,3-5,8-12,14H2,1-2H3,(H,26,31,32). The molecule has 32 heavy (non-hydrogen) atoms. The molecule has 2 unspecified atom stereocenters. The summed E-state index contributed by atoms with van der Waals surface area (Å²) in [6.45, 7) is 7.37. The van der Waals surface area contributed by atoms with Gasteiger partial charge in [-0.25, -0.2) is 9.79 Å².